The summed E-state index contributed by atoms with van der Waals surface area (Å²) in [6, 6.07) is 20.4. The molecule has 4 aromatic rings. The van der Waals surface area contributed by atoms with Crippen LogP contribution >= 0.6 is 11.8 Å². The molecule has 1 amide bonds. The lowest BCUT2D eigenvalue weighted by Crippen LogP contribution is -2.23. The lowest BCUT2D eigenvalue weighted by Gasteiger charge is -2.14. The molecule has 0 fully saturated rings. The second-order valence-electron chi connectivity index (χ2n) is 6.71. The number of anilines is 1. The van der Waals surface area contributed by atoms with E-state index < -0.39 is 5.82 Å². The number of halogens is 1. The number of hydrogen-bond donors (Lipinski definition) is 1. The lowest BCUT2D eigenvalue weighted by molar-refractivity contribution is -0.113. The number of carbonyl (C=O) groups is 1. The zero-order chi connectivity index (χ0) is 21.1. The maximum absolute atomic E-state index is 14.5. The van der Waals surface area contributed by atoms with Crippen molar-refractivity contribution in [1.29, 1.82) is 0 Å². The highest BCUT2D eigenvalue weighted by molar-refractivity contribution is 7.99. The van der Waals surface area contributed by atoms with Gasteiger partial charge in [-0.2, -0.15) is 0 Å². The molecule has 0 radical (unpaired) electrons. The van der Waals surface area contributed by atoms with Crippen molar-refractivity contribution in [2.75, 3.05) is 11.1 Å². The molecule has 0 aliphatic carbocycles. The van der Waals surface area contributed by atoms with E-state index in [9.17, 15) is 14.0 Å². The van der Waals surface area contributed by atoms with Gasteiger partial charge in [-0.1, -0.05) is 48.2 Å². The van der Waals surface area contributed by atoms with Gasteiger partial charge in [0, 0.05) is 5.69 Å². The number of amides is 1. The number of hydrogen-bond acceptors (Lipinski definition) is 4. The van der Waals surface area contributed by atoms with Crippen molar-refractivity contribution in [2.45, 2.75) is 12.1 Å². The topological polar surface area (TPSA) is 64.0 Å². The van der Waals surface area contributed by atoms with Crippen molar-refractivity contribution in [1.82, 2.24) is 9.55 Å². The summed E-state index contributed by atoms with van der Waals surface area (Å²) in [5.41, 5.74) is 1.94. The Morgan fingerprint density at radius 1 is 1.07 bits per heavy atom. The minimum Gasteiger partial charge on any atom is -0.325 e. The van der Waals surface area contributed by atoms with Crippen LogP contribution in [0.3, 0.4) is 0 Å². The lowest BCUT2D eigenvalue weighted by atomic mass is 10.2. The highest BCUT2D eigenvalue weighted by Crippen LogP contribution is 2.23. The molecule has 0 atom stereocenters. The SMILES string of the molecule is Cc1cccc(NC(=O)CSc2nc3ccccc3c(=O)n2-c2ccccc2F)c1. The number of nitrogens with one attached hydrogen (secondary N) is 1. The molecule has 0 bridgehead atoms. The van der Waals surface area contributed by atoms with E-state index >= 15 is 0 Å². The molecule has 1 N–H and O–H groups in total. The first-order valence-corrected chi connectivity index (χ1v) is 10.3. The summed E-state index contributed by atoms with van der Waals surface area (Å²) in [4.78, 5) is 30.1. The molecule has 150 valence electrons. The van der Waals surface area contributed by atoms with Crippen LogP contribution in [0.5, 0.6) is 0 Å². The zero-order valence-corrected chi connectivity index (χ0v) is 16.9. The van der Waals surface area contributed by atoms with E-state index in [0.717, 1.165) is 17.3 Å². The molecule has 1 heterocycles. The Bertz CT molecular complexity index is 1300. The van der Waals surface area contributed by atoms with Gasteiger partial charge in [-0.15, -0.1) is 0 Å². The molecule has 0 saturated carbocycles. The predicted molar refractivity (Wildman–Crippen MR) is 118 cm³/mol. The van der Waals surface area contributed by atoms with E-state index in [4.69, 9.17) is 0 Å². The van der Waals surface area contributed by atoms with E-state index in [2.05, 4.69) is 10.3 Å². The molecule has 1 aromatic heterocycles. The minimum absolute atomic E-state index is 0.0210. The largest absolute Gasteiger partial charge is 0.325 e. The molecular formula is C23H18FN3O2S. The average Bonchev–Trinajstić information content (AvgIpc) is 2.73. The van der Waals surface area contributed by atoms with Gasteiger partial charge in [-0.25, -0.2) is 9.37 Å². The second-order valence-corrected chi connectivity index (χ2v) is 7.65. The third kappa shape index (κ3) is 4.11. The predicted octanol–water partition coefficient (Wildman–Crippen LogP) is 4.56. The highest BCUT2D eigenvalue weighted by Gasteiger charge is 2.17. The van der Waals surface area contributed by atoms with Crippen molar-refractivity contribution in [3.05, 3.63) is 94.5 Å². The van der Waals surface area contributed by atoms with Gasteiger partial charge in [0.1, 0.15) is 5.82 Å². The Morgan fingerprint density at radius 3 is 2.63 bits per heavy atom. The Balaban J connectivity index is 1.69. The van der Waals surface area contributed by atoms with E-state index in [1.54, 1.807) is 42.5 Å². The van der Waals surface area contributed by atoms with Gasteiger partial charge >= 0.3 is 0 Å². The monoisotopic (exact) mass is 419 g/mol. The summed E-state index contributed by atoms with van der Waals surface area (Å²) in [6.45, 7) is 1.94. The first kappa shape index (κ1) is 19.8. The molecule has 30 heavy (non-hydrogen) atoms. The molecule has 0 saturated heterocycles. The van der Waals surface area contributed by atoms with Gasteiger partial charge in [0.25, 0.3) is 5.56 Å². The number of aromatic nitrogens is 2. The summed E-state index contributed by atoms with van der Waals surface area (Å²) in [5.74, 6) is -0.761. The van der Waals surface area contributed by atoms with Crippen LogP contribution in [0.1, 0.15) is 5.56 Å². The molecule has 5 nitrogen and oxygen atoms in total. The van der Waals surface area contributed by atoms with E-state index in [1.807, 2.05) is 25.1 Å². The number of para-hydroxylation sites is 2. The maximum Gasteiger partial charge on any atom is 0.266 e. The number of benzene rings is 3. The average molecular weight is 419 g/mol. The minimum atomic E-state index is -0.539. The standard InChI is InChI=1S/C23H18FN3O2S/c1-15-7-6-8-16(13-15)25-21(28)14-30-23-26-19-11-4-2-9-17(19)22(29)27(23)20-12-5-3-10-18(20)24/h2-13H,14H2,1H3,(H,25,28). The number of nitrogens with zero attached hydrogens (tertiary/aromatic N) is 2. The van der Waals surface area contributed by atoms with Gasteiger partial charge in [-0.3, -0.25) is 14.2 Å². The van der Waals surface area contributed by atoms with Crippen LogP contribution in [0.15, 0.2) is 82.7 Å². The molecule has 4 rings (SSSR count). The van der Waals surface area contributed by atoms with Gasteiger partial charge in [0.2, 0.25) is 5.91 Å². The quantitative estimate of drug-likeness (QED) is 0.380. The first-order chi connectivity index (χ1) is 14.5. The summed E-state index contributed by atoms with van der Waals surface area (Å²) >= 11 is 1.08. The van der Waals surface area contributed by atoms with Crippen LogP contribution in [-0.4, -0.2) is 21.2 Å². The van der Waals surface area contributed by atoms with Gasteiger partial charge in [0.05, 0.1) is 22.3 Å². The molecule has 0 aliphatic heterocycles. The molecular weight excluding hydrogens is 401 g/mol. The highest BCUT2D eigenvalue weighted by atomic mass is 32.2. The summed E-state index contributed by atoms with van der Waals surface area (Å²) in [6.07, 6.45) is 0. The molecule has 0 aliphatic rings. The fourth-order valence-electron chi connectivity index (χ4n) is 3.10. The summed E-state index contributed by atoms with van der Waals surface area (Å²) < 4.78 is 15.7. The van der Waals surface area contributed by atoms with Crippen LogP contribution in [0, 0.1) is 12.7 Å². The molecule has 3 aromatic carbocycles. The summed E-state index contributed by atoms with van der Waals surface area (Å²) in [5, 5.41) is 3.46. The van der Waals surface area contributed by atoms with Crippen LogP contribution in [0.2, 0.25) is 0 Å². The first-order valence-electron chi connectivity index (χ1n) is 9.29. The van der Waals surface area contributed by atoms with Crippen LogP contribution in [0.4, 0.5) is 10.1 Å². The number of thioether (sulfide) groups is 1. The molecule has 7 heteroatoms. The van der Waals surface area contributed by atoms with E-state index in [-0.39, 0.29) is 28.1 Å². The van der Waals surface area contributed by atoms with E-state index in [0.29, 0.717) is 16.6 Å². The molecule has 0 spiro atoms. The van der Waals surface area contributed by atoms with Crippen LogP contribution < -0.4 is 10.9 Å². The van der Waals surface area contributed by atoms with Crippen molar-refractivity contribution in [3.8, 4) is 5.69 Å². The van der Waals surface area contributed by atoms with Gasteiger partial charge < -0.3 is 5.32 Å². The summed E-state index contributed by atoms with van der Waals surface area (Å²) in [7, 11) is 0. The second kappa shape index (κ2) is 8.51. The molecule has 0 unspecified atom stereocenters. The third-order valence-electron chi connectivity index (χ3n) is 4.47. The third-order valence-corrected chi connectivity index (χ3v) is 5.41. The Kier molecular flexibility index (Phi) is 5.63. The maximum atomic E-state index is 14.5. The van der Waals surface area contributed by atoms with E-state index in [1.165, 1.54) is 16.7 Å². The smallest absolute Gasteiger partial charge is 0.266 e. The number of carbonyl (C=O) groups excluding carboxylic acids is 1. The fourth-order valence-corrected chi connectivity index (χ4v) is 3.91. The number of fused-ring (bicyclic) bond motifs is 1. The Morgan fingerprint density at radius 2 is 1.83 bits per heavy atom. The Hall–Kier alpha value is -3.45. The van der Waals surface area contributed by atoms with Crippen molar-refractivity contribution >= 4 is 34.3 Å². The normalized spacial score (nSPS) is 10.9. The van der Waals surface area contributed by atoms with Gasteiger partial charge in [0.15, 0.2) is 5.16 Å². The number of aryl methyl sites for hydroxylation is 1. The van der Waals surface area contributed by atoms with Crippen molar-refractivity contribution in [3.63, 3.8) is 0 Å². The zero-order valence-electron chi connectivity index (χ0n) is 16.1. The van der Waals surface area contributed by atoms with Crippen LogP contribution in [-0.2, 0) is 4.79 Å². The fraction of sp³-hybridized carbons (Fsp3) is 0.0870. The van der Waals surface area contributed by atoms with Crippen LogP contribution in [0.25, 0.3) is 16.6 Å². The Labute approximate surface area is 176 Å². The van der Waals surface area contributed by atoms with Crippen molar-refractivity contribution < 1.29 is 9.18 Å². The van der Waals surface area contributed by atoms with Crippen molar-refractivity contribution in [2.24, 2.45) is 0 Å². The number of rotatable bonds is 5. The van der Waals surface area contributed by atoms with Gasteiger partial charge in [-0.05, 0) is 48.9 Å².